The largest absolute Gasteiger partial charge is 0.354 e. The molecule has 5 aromatic carbocycles. The molecule has 7 rings (SSSR count). The molecule has 2 heteroatoms. The number of benzene rings is 5. The summed E-state index contributed by atoms with van der Waals surface area (Å²) in [6.45, 7) is 0. The lowest BCUT2D eigenvalue weighted by Crippen LogP contribution is -1.82. The van der Waals surface area contributed by atoms with Crippen molar-refractivity contribution in [2.45, 2.75) is 0 Å². The molecule has 2 heterocycles. The molecule has 0 aliphatic carbocycles. The van der Waals surface area contributed by atoms with Gasteiger partial charge in [0.15, 0.2) is 0 Å². The normalized spacial score (nSPS) is 11.8. The number of rotatable bonds is 2. The fourth-order valence-corrected chi connectivity index (χ4v) is 5.01. The first-order valence-corrected chi connectivity index (χ1v) is 11.0. The molecule has 0 bridgehead atoms. The van der Waals surface area contributed by atoms with Gasteiger partial charge in [0.2, 0.25) is 0 Å². The number of para-hydroxylation sites is 1. The molecule has 0 amide bonds. The molecule has 2 N–H and O–H groups in total. The molecule has 2 aromatic heterocycles. The zero-order chi connectivity index (χ0) is 21.1. The second-order valence-electron chi connectivity index (χ2n) is 8.41. The maximum Gasteiger partial charge on any atom is 0.0486 e. The van der Waals surface area contributed by atoms with Crippen LogP contribution in [0.5, 0.6) is 0 Å². The van der Waals surface area contributed by atoms with Gasteiger partial charge < -0.3 is 9.97 Å². The third-order valence-corrected chi connectivity index (χ3v) is 6.55. The highest BCUT2D eigenvalue weighted by Gasteiger charge is 2.13. The smallest absolute Gasteiger partial charge is 0.0486 e. The molecule has 0 atom stereocenters. The molecule has 0 aliphatic heterocycles. The van der Waals surface area contributed by atoms with E-state index in [1.54, 1.807) is 0 Å². The van der Waals surface area contributed by atoms with E-state index in [4.69, 9.17) is 0 Å². The maximum absolute atomic E-state index is 3.64. The highest BCUT2D eigenvalue weighted by molar-refractivity contribution is 6.20. The number of aromatic nitrogens is 2. The summed E-state index contributed by atoms with van der Waals surface area (Å²) in [5.41, 5.74) is 9.64. The van der Waals surface area contributed by atoms with Crippen LogP contribution in [0.1, 0.15) is 0 Å². The van der Waals surface area contributed by atoms with E-state index in [0.29, 0.717) is 0 Å². The quantitative estimate of drug-likeness (QED) is 0.288. The second-order valence-corrected chi connectivity index (χ2v) is 8.41. The van der Waals surface area contributed by atoms with Crippen molar-refractivity contribution in [1.29, 1.82) is 0 Å². The van der Waals surface area contributed by atoms with Crippen molar-refractivity contribution in [1.82, 2.24) is 9.97 Å². The van der Waals surface area contributed by atoms with Gasteiger partial charge in [0.1, 0.15) is 0 Å². The van der Waals surface area contributed by atoms with Crippen molar-refractivity contribution >= 4 is 43.6 Å². The monoisotopic (exact) mass is 408 g/mol. The summed E-state index contributed by atoms with van der Waals surface area (Å²) in [6.07, 6.45) is 0. The van der Waals surface area contributed by atoms with Gasteiger partial charge in [-0.25, -0.2) is 0 Å². The summed E-state index contributed by atoms with van der Waals surface area (Å²) in [6, 6.07) is 39.1. The Hall–Kier alpha value is -4.30. The Morgan fingerprint density at radius 3 is 1.91 bits per heavy atom. The summed E-state index contributed by atoms with van der Waals surface area (Å²) in [7, 11) is 0. The van der Waals surface area contributed by atoms with Crippen molar-refractivity contribution in [3.63, 3.8) is 0 Å². The minimum Gasteiger partial charge on any atom is -0.354 e. The van der Waals surface area contributed by atoms with Crippen molar-refractivity contribution in [3.05, 3.63) is 109 Å². The SMILES string of the molecule is c1ccc(-c2ccc(-c3cccc4[nH]c5cc6[nH]c7ccccc7c6cc5c34)cc2)cc1. The zero-order valence-electron chi connectivity index (χ0n) is 17.4. The first kappa shape index (κ1) is 17.4. The zero-order valence-corrected chi connectivity index (χ0v) is 17.4. The Morgan fingerprint density at radius 2 is 1.03 bits per heavy atom. The lowest BCUT2D eigenvalue weighted by atomic mass is 9.96. The molecule has 0 unspecified atom stereocenters. The second kappa shape index (κ2) is 6.60. The van der Waals surface area contributed by atoms with E-state index in [9.17, 15) is 0 Å². The molecule has 0 saturated carbocycles. The molecule has 7 aromatic rings. The van der Waals surface area contributed by atoms with Gasteiger partial charge in [0.25, 0.3) is 0 Å². The predicted octanol–water partition coefficient (Wildman–Crippen LogP) is 8.29. The molecular formula is C30H20N2. The Labute approximate surface area is 185 Å². The van der Waals surface area contributed by atoms with Crippen LogP contribution in [0.3, 0.4) is 0 Å². The van der Waals surface area contributed by atoms with Crippen LogP contribution in [0.25, 0.3) is 65.9 Å². The molecule has 0 saturated heterocycles. The van der Waals surface area contributed by atoms with Crippen LogP contribution >= 0.6 is 0 Å². The number of hydrogen-bond acceptors (Lipinski definition) is 0. The van der Waals surface area contributed by atoms with Gasteiger partial charge in [-0.05, 0) is 46.5 Å². The average molecular weight is 409 g/mol. The Balaban J connectivity index is 1.46. The number of fused-ring (bicyclic) bond motifs is 6. The van der Waals surface area contributed by atoms with Gasteiger partial charge in [0, 0.05) is 43.6 Å². The third-order valence-electron chi connectivity index (χ3n) is 6.55. The van der Waals surface area contributed by atoms with E-state index in [0.717, 1.165) is 5.52 Å². The van der Waals surface area contributed by atoms with Crippen LogP contribution < -0.4 is 0 Å². The lowest BCUT2D eigenvalue weighted by Gasteiger charge is -2.07. The predicted molar refractivity (Wildman–Crippen MR) is 136 cm³/mol. The summed E-state index contributed by atoms with van der Waals surface area (Å²) >= 11 is 0. The molecule has 0 radical (unpaired) electrons. The van der Waals surface area contributed by atoms with Gasteiger partial charge in [-0.15, -0.1) is 0 Å². The van der Waals surface area contributed by atoms with Crippen LogP contribution in [-0.4, -0.2) is 9.97 Å². The van der Waals surface area contributed by atoms with Crippen LogP contribution in [0.4, 0.5) is 0 Å². The summed E-state index contributed by atoms with van der Waals surface area (Å²) in [5.74, 6) is 0. The van der Waals surface area contributed by atoms with E-state index in [-0.39, 0.29) is 0 Å². The topological polar surface area (TPSA) is 31.6 Å². The summed E-state index contributed by atoms with van der Waals surface area (Å²) in [5, 5.41) is 5.08. The molecule has 0 spiro atoms. The molecule has 32 heavy (non-hydrogen) atoms. The fourth-order valence-electron chi connectivity index (χ4n) is 5.01. The van der Waals surface area contributed by atoms with Gasteiger partial charge in [-0.3, -0.25) is 0 Å². The Morgan fingerprint density at radius 1 is 0.375 bits per heavy atom. The number of aromatic amines is 2. The van der Waals surface area contributed by atoms with E-state index >= 15 is 0 Å². The van der Waals surface area contributed by atoms with Crippen molar-refractivity contribution in [2.24, 2.45) is 0 Å². The van der Waals surface area contributed by atoms with Crippen LogP contribution in [0, 0.1) is 0 Å². The molecule has 150 valence electrons. The molecular weight excluding hydrogens is 388 g/mol. The van der Waals surface area contributed by atoms with Gasteiger partial charge in [0.05, 0.1) is 0 Å². The maximum atomic E-state index is 3.64. The van der Waals surface area contributed by atoms with Crippen molar-refractivity contribution in [3.8, 4) is 22.3 Å². The summed E-state index contributed by atoms with van der Waals surface area (Å²) < 4.78 is 0. The first-order chi connectivity index (χ1) is 15.8. The number of hydrogen-bond donors (Lipinski definition) is 2. The average Bonchev–Trinajstić information content (AvgIpc) is 3.40. The Bertz CT molecular complexity index is 1750. The van der Waals surface area contributed by atoms with Gasteiger partial charge >= 0.3 is 0 Å². The molecule has 2 nitrogen and oxygen atoms in total. The van der Waals surface area contributed by atoms with Crippen LogP contribution in [-0.2, 0) is 0 Å². The lowest BCUT2D eigenvalue weighted by molar-refractivity contribution is 1.52. The number of H-pyrrole nitrogens is 2. The van der Waals surface area contributed by atoms with E-state index in [1.807, 2.05) is 0 Å². The fraction of sp³-hybridized carbons (Fsp3) is 0. The minimum atomic E-state index is 1.16. The van der Waals surface area contributed by atoms with Crippen molar-refractivity contribution < 1.29 is 0 Å². The highest BCUT2D eigenvalue weighted by atomic mass is 14.7. The highest BCUT2D eigenvalue weighted by Crippen LogP contribution is 2.38. The summed E-state index contributed by atoms with van der Waals surface area (Å²) in [4.78, 5) is 7.20. The standard InChI is InChI=1S/C30H20N2/c1-2-7-19(8-3-1)20-13-15-21(16-14-20)22-10-6-12-27-30(22)25-17-24-23-9-4-5-11-26(23)31-28(24)18-29(25)32-27/h1-18,31-32H. The van der Waals surface area contributed by atoms with E-state index < -0.39 is 0 Å². The van der Waals surface area contributed by atoms with Crippen LogP contribution in [0.2, 0.25) is 0 Å². The number of nitrogens with one attached hydrogen (secondary N) is 2. The van der Waals surface area contributed by atoms with E-state index in [1.165, 1.54) is 60.3 Å². The van der Waals surface area contributed by atoms with Gasteiger partial charge in [-0.1, -0.05) is 84.9 Å². The Kier molecular flexibility index (Phi) is 3.58. The molecule has 0 fully saturated rings. The van der Waals surface area contributed by atoms with E-state index in [2.05, 4.69) is 119 Å². The van der Waals surface area contributed by atoms with Crippen molar-refractivity contribution in [2.75, 3.05) is 0 Å². The third kappa shape index (κ3) is 2.53. The first-order valence-electron chi connectivity index (χ1n) is 11.0. The molecule has 0 aliphatic rings. The minimum absolute atomic E-state index is 1.16. The van der Waals surface area contributed by atoms with Gasteiger partial charge in [-0.2, -0.15) is 0 Å². The van der Waals surface area contributed by atoms with Crippen LogP contribution in [0.15, 0.2) is 109 Å².